The molecule has 4 N–H and O–H groups in total. The predicted molar refractivity (Wildman–Crippen MR) is 129 cm³/mol. The van der Waals surface area contributed by atoms with Gasteiger partial charge in [0, 0.05) is 49.5 Å². The number of Topliss-reactive ketones (excluding diaryl/α,β-unsaturated/α-hetero) is 2. The third-order valence-electron chi connectivity index (χ3n) is 7.93. The van der Waals surface area contributed by atoms with Crippen molar-refractivity contribution >= 4 is 34.8 Å². The number of hydrogen-bond donors (Lipinski definition) is 3. The molecule has 11 nitrogen and oxygen atoms in total. The van der Waals surface area contributed by atoms with Crippen LogP contribution in [0.25, 0.3) is 5.57 Å². The zero-order chi connectivity index (χ0) is 25.9. The highest BCUT2D eigenvalue weighted by Crippen LogP contribution is 2.56. The van der Waals surface area contributed by atoms with E-state index in [9.17, 15) is 24.3 Å². The second-order valence-corrected chi connectivity index (χ2v) is 10.2. The summed E-state index contributed by atoms with van der Waals surface area (Å²) >= 11 is 0. The maximum absolute atomic E-state index is 14.2. The number of hydrogen-bond acceptors (Lipinski definition) is 7. The van der Waals surface area contributed by atoms with E-state index >= 15 is 0 Å². The molecule has 1 fully saturated rings. The van der Waals surface area contributed by atoms with Gasteiger partial charge in [-0.2, -0.15) is 0 Å². The standard InChI is InChI=1S/C25H25N5O6.ClH/c1-28-23(34)25(29(2)24(28)35)18-17(21(33)19-15(20(18)32)11(5-7-26)10-27-19)16-12-6-8-30(3,4)13(12)9-14(31)22(16)36-25;/h9-10H,5-8,26H2,1-4H3,(H-,27,31,32,33);1H/t25-;/m1./s1. The minimum absolute atomic E-state index is 0. The lowest BCUT2D eigenvalue weighted by molar-refractivity contribution is -0.142. The molecule has 37 heavy (non-hydrogen) atoms. The molecule has 1 aliphatic carbocycles. The number of ketones is 2. The topological polar surface area (TPSA) is 146 Å². The molecule has 1 saturated heterocycles. The molecule has 4 heterocycles. The maximum Gasteiger partial charge on any atom is 0.330 e. The van der Waals surface area contributed by atoms with Gasteiger partial charge in [0.1, 0.15) is 5.69 Å². The molecule has 194 valence electrons. The van der Waals surface area contributed by atoms with Crippen LogP contribution in [0.3, 0.4) is 0 Å². The van der Waals surface area contributed by atoms with Crippen molar-refractivity contribution in [1.82, 2.24) is 19.3 Å². The number of urea groups is 1. The summed E-state index contributed by atoms with van der Waals surface area (Å²) in [6, 6.07) is 0.871. The predicted octanol–water partition coefficient (Wildman–Crippen LogP) is -2.21. The number of aromatic amines is 1. The van der Waals surface area contributed by atoms with Gasteiger partial charge in [-0.15, -0.1) is 0 Å². The number of H-pyrrole nitrogens is 1. The number of carbonyl (C=O) groups is 4. The number of aromatic hydroxyl groups is 1. The number of imide groups is 1. The van der Waals surface area contributed by atoms with Crippen LogP contribution >= 0.6 is 0 Å². The Morgan fingerprint density at radius 1 is 1.16 bits per heavy atom. The molecule has 2 aromatic rings. The van der Waals surface area contributed by atoms with Crippen molar-refractivity contribution in [3.63, 3.8) is 0 Å². The van der Waals surface area contributed by atoms with Crippen LogP contribution in [0.5, 0.6) is 11.5 Å². The third kappa shape index (κ3) is 2.79. The van der Waals surface area contributed by atoms with Gasteiger partial charge in [0.2, 0.25) is 5.78 Å². The molecule has 3 aliphatic heterocycles. The van der Waals surface area contributed by atoms with Crippen molar-refractivity contribution in [3.05, 3.63) is 45.8 Å². The van der Waals surface area contributed by atoms with Gasteiger partial charge in [-0.3, -0.25) is 28.7 Å². The molecule has 1 aromatic carbocycles. The Hall–Kier alpha value is -3.67. The van der Waals surface area contributed by atoms with E-state index in [4.69, 9.17) is 10.5 Å². The quantitative estimate of drug-likeness (QED) is 0.296. The highest BCUT2D eigenvalue weighted by molar-refractivity contribution is 6.43. The van der Waals surface area contributed by atoms with E-state index in [-0.39, 0.29) is 52.9 Å². The van der Waals surface area contributed by atoms with Crippen molar-refractivity contribution in [2.75, 3.05) is 41.3 Å². The van der Waals surface area contributed by atoms with Crippen molar-refractivity contribution in [3.8, 4) is 11.5 Å². The number of halogens is 1. The van der Waals surface area contributed by atoms with E-state index in [1.807, 2.05) is 14.1 Å². The number of phenolic OH excluding ortho intramolecular Hbond substituents is 1. The number of allylic oxidation sites excluding steroid dienone is 1. The summed E-state index contributed by atoms with van der Waals surface area (Å²) in [6.45, 7) is 0.951. The third-order valence-corrected chi connectivity index (χ3v) is 7.93. The monoisotopic (exact) mass is 527 g/mol. The number of aromatic nitrogens is 1. The molecule has 0 saturated carbocycles. The number of fused-ring (bicyclic) bond motifs is 6. The van der Waals surface area contributed by atoms with Crippen LogP contribution in [0, 0.1) is 0 Å². The molecule has 0 radical (unpaired) electrons. The summed E-state index contributed by atoms with van der Waals surface area (Å²) in [5, 5.41) is 11.1. The van der Waals surface area contributed by atoms with Crippen LogP contribution in [0.15, 0.2) is 17.8 Å². The molecular weight excluding hydrogens is 502 g/mol. The van der Waals surface area contributed by atoms with E-state index < -0.39 is 29.2 Å². The first-order chi connectivity index (χ1) is 17.0. The van der Waals surface area contributed by atoms with Gasteiger partial charge in [0.25, 0.3) is 5.72 Å². The number of amides is 3. The SMILES string of the molecule is CN1C(=O)N(C)[C@]2(Oc3c(O)cc4c(c3C3=C2C(=O)c2c(CCN)c[nH]c2C3=O)CC[N+]4(C)C)C1=O.[Cl-]. The minimum Gasteiger partial charge on any atom is -1.00 e. The Balaban J connectivity index is 0.00000280. The van der Waals surface area contributed by atoms with E-state index in [0.717, 1.165) is 21.1 Å². The number of nitrogens with one attached hydrogen (secondary N) is 1. The summed E-state index contributed by atoms with van der Waals surface area (Å²) in [6.07, 6.45) is 2.48. The van der Waals surface area contributed by atoms with Gasteiger partial charge in [0.15, 0.2) is 17.3 Å². The summed E-state index contributed by atoms with van der Waals surface area (Å²) in [5.41, 5.74) is 5.91. The zero-order valence-corrected chi connectivity index (χ0v) is 21.5. The zero-order valence-electron chi connectivity index (χ0n) is 20.8. The number of ether oxygens (including phenoxy) is 1. The Labute approximate surface area is 218 Å². The number of nitrogens with two attached hydrogens (primary N) is 1. The Bertz CT molecular complexity index is 1490. The molecule has 6 rings (SSSR count). The van der Waals surface area contributed by atoms with E-state index in [0.29, 0.717) is 35.0 Å². The average molecular weight is 528 g/mol. The lowest BCUT2D eigenvalue weighted by atomic mass is 9.75. The largest absolute Gasteiger partial charge is 1.00 e. The number of phenols is 1. The average Bonchev–Trinajstić information content (AvgIpc) is 3.44. The van der Waals surface area contributed by atoms with Crippen LogP contribution in [0.4, 0.5) is 10.5 Å². The van der Waals surface area contributed by atoms with Crippen LogP contribution in [-0.2, 0) is 17.6 Å². The summed E-state index contributed by atoms with van der Waals surface area (Å²) < 4.78 is 6.70. The second-order valence-electron chi connectivity index (χ2n) is 10.2. The number of quaternary nitrogens is 1. The second kappa shape index (κ2) is 7.67. The fourth-order valence-corrected chi connectivity index (χ4v) is 6.05. The summed E-state index contributed by atoms with van der Waals surface area (Å²) in [4.78, 5) is 59.7. The highest BCUT2D eigenvalue weighted by Gasteiger charge is 2.66. The fourth-order valence-electron chi connectivity index (χ4n) is 6.05. The van der Waals surface area contributed by atoms with Crippen molar-refractivity contribution in [2.24, 2.45) is 5.73 Å². The first-order valence-corrected chi connectivity index (χ1v) is 11.7. The first kappa shape index (κ1) is 25.0. The fraction of sp³-hybridized carbons (Fsp3) is 0.360. The number of rotatable bonds is 2. The Morgan fingerprint density at radius 3 is 2.49 bits per heavy atom. The van der Waals surface area contributed by atoms with E-state index in [1.165, 1.54) is 14.1 Å². The molecule has 1 spiro atoms. The molecule has 3 amide bonds. The van der Waals surface area contributed by atoms with Gasteiger partial charge < -0.3 is 33.0 Å². The van der Waals surface area contributed by atoms with Crippen LogP contribution in [0.1, 0.15) is 37.5 Å². The maximum atomic E-state index is 14.2. The molecular formula is C25H26ClN5O6. The van der Waals surface area contributed by atoms with Crippen molar-refractivity contribution in [1.29, 1.82) is 0 Å². The smallest absolute Gasteiger partial charge is 0.330 e. The number of benzene rings is 1. The summed E-state index contributed by atoms with van der Waals surface area (Å²) in [7, 11) is 6.59. The molecule has 1 aromatic heterocycles. The normalized spacial score (nSPS) is 23.2. The Kier molecular flexibility index (Phi) is 5.18. The van der Waals surface area contributed by atoms with Gasteiger partial charge in [0.05, 0.1) is 37.5 Å². The lowest BCUT2D eigenvalue weighted by Gasteiger charge is -2.41. The summed E-state index contributed by atoms with van der Waals surface area (Å²) in [5.74, 6) is -2.25. The molecule has 4 aliphatic rings. The Morgan fingerprint density at radius 2 is 1.86 bits per heavy atom. The lowest BCUT2D eigenvalue weighted by Crippen LogP contribution is -3.00. The van der Waals surface area contributed by atoms with Crippen molar-refractivity contribution in [2.45, 2.75) is 18.6 Å². The van der Waals surface area contributed by atoms with Crippen molar-refractivity contribution < 1.29 is 41.4 Å². The van der Waals surface area contributed by atoms with E-state index in [2.05, 4.69) is 4.98 Å². The molecule has 0 unspecified atom stereocenters. The molecule has 0 bridgehead atoms. The van der Waals surface area contributed by atoms with Crippen LogP contribution in [-0.4, -0.2) is 90.4 Å². The number of nitrogens with zero attached hydrogens (tertiary/aromatic N) is 3. The molecule has 12 heteroatoms. The minimum atomic E-state index is -2.23. The van der Waals surface area contributed by atoms with E-state index in [1.54, 1.807) is 12.3 Å². The van der Waals surface area contributed by atoms with Gasteiger partial charge in [-0.25, -0.2) is 4.79 Å². The molecule has 1 atom stereocenters. The van der Waals surface area contributed by atoms with Gasteiger partial charge in [-0.1, -0.05) is 0 Å². The van der Waals surface area contributed by atoms with Crippen LogP contribution < -0.4 is 27.4 Å². The highest BCUT2D eigenvalue weighted by atomic mass is 35.5. The number of carbonyl (C=O) groups excluding carboxylic acids is 4. The van der Waals surface area contributed by atoms with Crippen LogP contribution in [0.2, 0.25) is 0 Å². The number of likely N-dealkylation sites (N-methyl/N-ethyl adjacent to an activating group) is 3. The van der Waals surface area contributed by atoms with Gasteiger partial charge >= 0.3 is 11.9 Å². The first-order valence-electron chi connectivity index (χ1n) is 11.7. The van der Waals surface area contributed by atoms with Gasteiger partial charge in [-0.05, 0) is 18.5 Å².